The van der Waals surface area contributed by atoms with Gasteiger partial charge in [0.15, 0.2) is 0 Å². The first-order valence-corrected chi connectivity index (χ1v) is 5.10. The summed E-state index contributed by atoms with van der Waals surface area (Å²) in [5.41, 5.74) is 1.46. The third-order valence-corrected chi connectivity index (χ3v) is 2.33. The number of rotatable bonds is 4. The molecular weight excluding hydrogens is 206 g/mol. The fourth-order valence-electron chi connectivity index (χ4n) is 1.54. The van der Waals surface area contributed by atoms with Gasteiger partial charge in [-0.15, -0.1) is 5.10 Å². The van der Waals surface area contributed by atoms with E-state index < -0.39 is 0 Å². The van der Waals surface area contributed by atoms with Gasteiger partial charge in [0.1, 0.15) is 5.75 Å². The van der Waals surface area contributed by atoms with Gasteiger partial charge in [-0.05, 0) is 18.6 Å². The van der Waals surface area contributed by atoms with Gasteiger partial charge in [0, 0.05) is 18.7 Å². The second-order valence-corrected chi connectivity index (χ2v) is 3.44. The van der Waals surface area contributed by atoms with Crippen LogP contribution in [0.4, 0.5) is 0 Å². The number of hydrogen-bond donors (Lipinski definition) is 2. The van der Waals surface area contributed by atoms with E-state index in [4.69, 9.17) is 5.11 Å². The Morgan fingerprint density at radius 2 is 2.06 bits per heavy atom. The molecule has 84 valence electrons. The summed E-state index contributed by atoms with van der Waals surface area (Å²) in [7, 11) is 0. The topological polar surface area (TPSA) is 71.2 Å². The summed E-state index contributed by atoms with van der Waals surface area (Å²) in [6.07, 6.45) is 2.22. The summed E-state index contributed by atoms with van der Waals surface area (Å²) >= 11 is 0. The summed E-state index contributed by atoms with van der Waals surface area (Å²) in [4.78, 5) is 0. The van der Waals surface area contributed by atoms with Crippen LogP contribution in [0.15, 0.2) is 30.5 Å². The van der Waals surface area contributed by atoms with Crippen molar-refractivity contribution in [3.63, 3.8) is 0 Å². The highest BCUT2D eigenvalue weighted by molar-refractivity contribution is 5.65. The van der Waals surface area contributed by atoms with Crippen molar-refractivity contribution in [2.75, 3.05) is 6.61 Å². The van der Waals surface area contributed by atoms with Crippen molar-refractivity contribution in [2.24, 2.45) is 0 Å². The van der Waals surface area contributed by atoms with Gasteiger partial charge in [0.25, 0.3) is 0 Å². The highest BCUT2D eigenvalue weighted by Gasteiger charge is 2.09. The van der Waals surface area contributed by atoms with Crippen molar-refractivity contribution in [2.45, 2.75) is 13.0 Å². The molecule has 0 fully saturated rings. The Morgan fingerprint density at radius 3 is 2.81 bits per heavy atom. The molecule has 5 heteroatoms. The van der Waals surface area contributed by atoms with Gasteiger partial charge in [0.05, 0.1) is 11.9 Å². The van der Waals surface area contributed by atoms with Gasteiger partial charge < -0.3 is 10.2 Å². The lowest BCUT2D eigenvalue weighted by atomic mass is 10.1. The molecule has 1 aromatic carbocycles. The summed E-state index contributed by atoms with van der Waals surface area (Å²) < 4.78 is 1.67. The number of hydrogen-bond acceptors (Lipinski definition) is 4. The van der Waals surface area contributed by atoms with E-state index in [2.05, 4.69) is 10.3 Å². The monoisotopic (exact) mass is 219 g/mol. The number of aliphatic hydroxyl groups is 1. The number of phenols is 1. The Kier molecular flexibility index (Phi) is 3.16. The molecule has 1 aromatic heterocycles. The van der Waals surface area contributed by atoms with Gasteiger partial charge in [0.2, 0.25) is 0 Å². The zero-order valence-electron chi connectivity index (χ0n) is 8.74. The van der Waals surface area contributed by atoms with E-state index in [1.54, 1.807) is 23.0 Å². The van der Waals surface area contributed by atoms with Crippen molar-refractivity contribution >= 4 is 0 Å². The second kappa shape index (κ2) is 4.76. The van der Waals surface area contributed by atoms with Crippen molar-refractivity contribution in [3.8, 4) is 17.0 Å². The lowest BCUT2D eigenvalue weighted by molar-refractivity contribution is 0.276. The van der Waals surface area contributed by atoms with Crippen LogP contribution in [0.1, 0.15) is 6.42 Å². The van der Waals surface area contributed by atoms with E-state index in [-0.39, 0.29) is 12.4 Å². The molecule has 0 radical (unpaired) electrons. The molecule has 0 aliphatic heterocycles. The van der Waals surface area contributed by atoms with Crippen molar-refractivity contribution in [1.29, 1.82) is 0 Å². The number of benzene rings is 1. The third-order valence-electron chi connectivity index (χ3n) is 2.33. The predicted octanol–water partition coefficient (Wildman–Crippen LogP) is 1.03. The first-order chi connectivity index (χ1) is 7.83. The van der Waals surface area contributed by atoms with Gasteiger partial charge in [-0.25, -0.2) is 4.68 Å². The lowest BCUT2D eigenvalue weighted by Gasteiger charge is -2.06. The molecule has 0 unspecified atom stereocenters. The van der Waals surface area contributed by atoms with Crippen LogP contribution >= 0.6 is 0 Å². The Labute approximate surface area is 93.0 Å². The van der Waals surface area contributed by atoms with Crippen molar-refractivity contribution in [3.05, 3.63) is 30.5 Å². The normalized spacial score (nSPS) is 10.6. The smallest absolute Gasteiger partial charge is 0.125 e. The molecule has 0 saturated heterocycles. The highest BCUT2D eigenvalue weighted by atomic mass is 16.3. The molecule has 5 nitrogen and oxygen atoms in total. The standard InChI is InChI=1S/C11H13N3O2/c15-7-3-6-14-10(8-12-13-14)9-4-1-2-5-11(9)16/h1-2,4-5,8,15-16H,3,6-7H2. The molecule has 0 atom stereocenters. The summed E-state index contributed by atoms with van der Waals surface area (Å²) in [6, 6.07) is 7.04. The van der Waals surface area contributed by atoms with Crippen LogP contribution in [0.25, 0.3) is 11.3 Å². The van der Waals surface area contributed by atoms with E-state index >= 15 is 0 Å². The summed E-state index contributed by atoms with van der Waals surface area (Å²) in [5, 5.41) is 26.2. The average Bonchev–Trinajstić information content (AvgIpc) is 2.75. The quantitative estimate of drug-likeness (QED) is 0.805. The fraction of sp³-hybridized carbons (Fsp3) is 0.273. The molecule has 0 spiro atoms. The summed E-state index contributed by atoms with van der Waals surface area (Å²) in [5.74, 6) is 0.204. The average molecular weight is 219 g/mol. The Bertz CT molecular complexity index is 468. The molecule has 16 heavy (non-hydrogen) atoms. The minimum Gasteiger partial charge on any atom is -0.507 e. The van der Waals surface area contributed by atoms with E-state index in [0.717, 1.165) is 5.69 Å². The molecule has 0 amide bonds. The third kappa shape index (κ3) is 2.04. The maximum absolute atomic E-state index is 9.71. The zero-order chi connectivity index (χ0) is 11.4. The minimum absolute atomic E-state index is 0.111. The van der Waals surface area contributed by atoms with Crippen molar-refractivity contribution < 1.29 is 10.2 Å². The van der Waals surface area contributed by atoms with Gasteiger partial charge in [-0.3, -0.25) is 0 Å². The molecule has 0 bridgehead atoms. The molecule has 2 rings (SSSR count). The number of nitrogens with zero attached hydrogens (tertiary/aromatic N) is 3. The zero-order valence-corrected chi connectivity index (χ0v) is 8.74. The van der Waals surface area contributed by atoms with Gasteiger partial charge in [-0.1, -0.05) is 17.3 Å². The maximum atomic E-state index is 9.71. The van der Waals surface area contributed by atoms with Crippen LogP contribution < -0.4 is 0 Å². The fourth-order valence-corrected chi connectivity index (χ4v) is 1.54. The molecule has 0 aliphatic rings. The Hall–Kier alpha value is -1.88. The molecular formula is C11H13N3O2. The van der Waals surface area contributed by atoms with E-state index in [9.17, 15) is 5.11 Å². The number of phenolic OH excluding ortho intramolecular Hbond substituents is 1. The maximum Gasteiger partial charge on any atom is 0.125 e. The van der Waals surface area contributed by atoms with Crippen LogP contribution in [-0.4, -0.2) is 31.8 Å². The van der Waals surface area contributed by atoms with Crippen molar-refractivity contribution in [1.82, 2.24) is 15.0 Å². The van der Waals surface area contributed by atoms with Gasteiger partial charge >= 0.3 is 0 Å². The van der Waals surface area contributed by atoms with Crippen LogP contribution in [0.3, 0.4) is 0 Å². The molecule has 0 saturated carbocycles. The van der Waals surface area contributed by atoms with Crippen LogP contribution in [0, 0.1) is 0 Å². The number of aryl methyl sites for hydroxylation is 1. The summed E-state index contributed by atoms with van der Waals surface area (Å²) in [6.45, 7) is 0.695. The first kappa shape index (κ1) is 10.6. The molecule has 0 aliphatic carbocycles. The van der Waals surface area contributed by atoms with E-state index in [1.165, 1.54) is 0 Å². The second-order valence-electron chi connectivity index (χ2n) is 3.44. The highest BCUT2D eigenvalue weighted by Crippen LogP contribution is 2.27. The van der Waals surface area contributed by atoms with Crippen LogP contribution in [0.2, 0.25) is 0 Å². The number of aromatic nitrogens is 3. The molecule has 1 heterocycles. The number of aromatic hydroxyl groups is 1. The SMILES string of the molecule is OCCCn1nncc1-c1ccccc1O. The van der Waals surface area contributed by atoms with Crippen LogP contribution in [-0.2, 0) is 6.54 Å². The largest absolute Gasteiger partial charge is 0.507 e. The lowest BCUT2D eigenvalue weighted by Crippen LogP contribution is -2.04. The molecule has 2 aromatic rings. The van der Waals surface area contributed by atoms with E-state index in [0.29, 0.717) is 18.5 Å². The first-order valence-electron chi connectivity index (χ1n) is 5.10. The number of aliphatic hydroxyl groups excluding tert-OH is 1. The Balaban J connectivity index is 2.33. The minimum atomic E-state index is 0.111. The predicted molar refractivity (Wildman–Crippen MR) is 58.8 cm³/mol. The van der Waals surface area contributed by atoms with E-state index in [1.807, 2.05) is 12.1 Å². The number of para-hydroxylation sites is 1. The molecule has 2 N–H and O–H groups in total. The van der Waals surface area contributed by atoms with Crippen LogP contribution in [0.5, 0.6) is 5.75 Å². The van der Waals surface area contributed by atoms with Gasteiger partial charge in [-0.2, -0.15) is 0 Å². The Morgan fingerprint density at radius 1 is 1.25 bits per heavy atom.